The number of halogens is 1. The van der Waals surface area contributed by atoms with Crippen LogP contribution >= 0.6 is 15.9 Å². The zero-order valence-electron chi connectivity index (χ0n) is 23.7. The van der Waals surface area contributed by atoms with Crippen molar-refractivity contribution in [1.29, 1.82) is 0 Å². The molecule has 0 radical (unpaired) electrons. The van der Waals surface area contributed by atoms with Crippen LogP contribution in [-0.4, -0.2) is 74.8 Å². The summed E-state index contributed by atoms with van der Waals surface area (Å²) < 4.78 is 8.10. The Bertz CT molecular complexity index is 1490. The number of likely N-dealkylation sites (N-methyl/N-ethyl adjacent to an activating group) is 2. The van der Waals surface area contributed by atoms with Crippen molar-refractivity contribution in [3.8, 4) is 5.75 Å². The Morgan fingerprint density at radius 3 is 2.49 bits per heavy atom. The van der Waals surface area contributed by atoms with E-state index in [-0.39, 0.29) is 12.5 Å². The molecule has 0 unspecified atom stereocenters. The van der Waals surface area contributed by atoms with Crippen LogP contribution in [0, 0.1) is 0 Å². The van der Waals surface area contributed by atoms with E-state index in [4.69, 9.17) is 4.74 Å². The van der Waals surface area contributed by atoms with Crippen molar-refractivity contribution in [2.45, 2.75) is 19.0 Å². The number of fused-ring (bicyclic) bond motifs is 2. The van der Waals surface area contributed by atoms with Gasteiger partial charge >= 0.3 is 0 Å². The van der Waals surface area contributed by atoms with Crippen LogP contribution in [-0.2, 0) is 22.6 Å². The lowest BCUT2D eigenvalue weighted by Gasteiger charge is -2.38. The highest BCUT2D eigenvalue weighted by Gasteiger charge is 2.27. The summed E-state index contributed by atoms with van der Waals surface area (Å²) in [6, 6.07) is 18.7. The van der Waals surface area contributed by atoms with Gasteiger partial charge in [0, 0.05) is 51.8 Å². The third-order valence-electron chi connectivity index (χ3n) is 6.89. The molecule has 4 aromatic rings. The smallest absolute Gasteiger partial charge is 0.246 e. The lowest BCUT2D eigenvalue weighted by molar-refractivity contribution is -0.130. The number of hydrogen-bond acceptors (Lipinski definition) is 6. The lowest BCUT2D eigenvalue weighted by atomic mass is 10.0. The Kier molecular flexibility index (Phi) is 12.3. The zero-order chi connectivity index (χ0) is 29.8. The van der Waals surface area contributed by atoms with Gasteiger partial charge in [0.15, 0.2) is 6.29 Å². The number of benzene rings is 3. The first-order chi connectivity index (χ1) is 19.9. The van der Waals surface area contributed by atoms with Gasteiger partial charge in [0.1, 0.15) is 12.0 Å². The molecule has 0 spiro atoms. The summed E-state index contributed by atoms with van der Waals surface area (Å²) in [6.07, 6.45) is 5.65. The number of hydrogen-bond donors (Lipinski definition) is 2. The highest BCUT2D eigenvalue weighted by atomic mass is 79.9. The van der Waals surface area contributed by atoms with E-state index in [1.807, 2.05) is 38.4 Å². The van der Waals surface area contributed by atoms with Crippen molar-refractivity contribution in [3.05, 3.63) is 89.0 Å². The molecule has 41 heavy (non-hydrogen) atoms. The lowest BCUT2D eigenvalue weighted by Crippen LogP contribution is -2.58. The van der Waals surface area contributed by atoms with Gasteiger partial charge in [-0.2, -0.15) is 0 Å². The van der Waals surface area contributed by atoms with Crippen molar-refractivity contribution in [3.63, 3.8) is 0 Å². The number of nitrogens with zero attached hydrogens (tertiary/aromatic N) is 2. The monoisotopic (exact) mass is 620 g/mol. The van der Waals surface area contributed by atoms with Gasteiger partial charge in [0.2, 0.25) is 5.91 Å². The fourth-order valence-corrected chi connectivity index (χ4v) is 4.97. The zero-order valence-corrected chi connectivity index (χ0v) is 25.3. The number of aromatic nitrogens is 1. The van der Waals surface area contributed by atoms with E-state index < -0.39 is 0 Å². The molecule has 2 N–H and O–H groups in total. The maximum atomic E-state index is 10.8. The summed E-state index contributed by atoms with van der Waals surface area (Å²) in [5.41, 5.74) is 2.79. The molecule has 1 saturated heterocycles. The van der Waals surface area contributed by atoms with Crippen LogP contribution in [0.3, 0.4) is 0 Å². The third kappa shape index (κ3) is 8.13. The van der Waals surface area contributed by atoms with Crippen molar-refractivity contribution >= 4 is 56.1 Å². The van der Waals surface area contributed by atoms with Crippen LogP contribution in [0.1, 0.15) is 15.9 Å². The number of nitrogens with one attached hydrogen (secondary N) is 2. The number of amides is 1. The van der Waals surface area contributed by atoms with E-state index in [9.17, 15) is 14.4 Å². The Hall–Kier alpha value is -3.79. The SMILES string of the molecule is C=CC(=O)N1CC(NC)C1.CNCCc1c(OC)ccc2ccccc12.O=CCn1cc(C=O)c2cc(Br)ccc21. The Balaban J connectivity index is 0.000000174. The number of likely N-dealkylation sites (tertiary alicyclic amines) is 1. The summed E-state index contributed by atoms with van der Waals surface area (Å²) in [6.45, 7) is 6.28. The van der Waals surface area contributed by atoms with E-state index >= 15 is 0 Å². The molecule has 1 aliphatic rings. The predicted molar refractivity (Wildman–Crippen MR) is 169 cm³/mol. The van der Waals surface area contributed by atoms with E-state index in [0.29, 0.717) is 11.6 Å². The maximum absolute atomic E-state index is 10.8. The van der Waals surface area contributed by atoms with E-state index in [2.05, 4.69) is 63.5 Å². The van der Waals surface area contributed by atoms with Gasteiger partial charge < -0.3 is 29.6 Å². The standard InChI is InChI=1S/C14H17NO.C11H8BrNO2.C7H12N2O/c1-15-10-9-13-12-6-4-3-5-11(12)7-8-14(13)16-2;12-9-1-2-11-10(5-9)8(7-15)6-13(11)3-4-14;1-3-7(10)9-4-6(5-9)8-2/h3-8,15H,9-10H2,1-2H3;1-2,4-7H,3H2;3,6,8H,1,4-5H2,2H3. The largest absolute Gasteiger partial charge is 0.496 e. The summed E-state index contributed by atoms with van der Waals surface area (Å²) in [7, 11) is 5.60. The minimum Gasteiger partial charge on any atom is -0.496 e. The molecule has 1 amide bonds. The molecular weight excluding hydrogens is 584 g/mol. The number of ether oxygens (including phenoxy) is 1. The van der Waals surface area contributed by atoms with Crippen LogP contribution in [0.25, 0.3) is 21.7 Å². The first kappa shape index (κ1) is 31.7. The number of carbonyl (C=O) groups is 3. The first-order valence-electron chi connectivity index (χ1n) is 13.4. The quantitative estimate of drug-likeness (QED) is 0.209. The number of methoxy groups -OCH3 is 1. The molecule has 216 valence electrons. The highest BCUT2D eigenvalue weighted by molar-refractivity contribution is 9.10. The Morgan fingerprint density at radius 2 is 1.85 bits per heavy atom. The van der Waals surface area contributed by atoms with Gasteiger partial charge in [-0.3, -0.25) is 9.59 Å². The molecule has 1 fully saturated rings. The third-order valence-corrected chi connectivity index (χ3v) is 7.38. The maximum Gasteiger partial charge on any atom is 0.246 e. The molecule has 0 aliphatic carbocycles. The molecule has 0 bridgehead atoms. The van der Waals surface area contributed by atoms with Crippen LogP contribution < -0.4 is 15.4 Å². The average molecular weight is 622 g/mol. The van der Waals surface area contributed by atoms with Gasteiger partial charge in [0.05, 0.1) is 13.7 Å². The van der Waals surface area contributed by atoms with Crippen molar-refractivity contribution in [2.24, 2.45) is 0 Å². The topological polar surface area (TPSA) is 92.7 Å². The molecule has 5 rings (SSSR count). The Morgan fingerprint density at radius 1 is 1.10 bits per heavy atom. The molecule has 0 atom stereocenters. The summed E-state index contributed by atoms with van der Waals surface area (Å²) in [5.74, 6) is 1.01. The molecule has 2 heterocycles. The second kappa shape index (κ2) is 15.9. The summed E-state index contributed by atoms with van der Waals surface area (Å²) in [5, 5.41) is 9.68. The Labute approximate surface area is 249 Å². The average Bonchev–Trinajstić information content (AvgIpc) is 3.32. The van der Waals surface area contributed by atoms with Crippen LogP contribution in [0.2, 0.25) is 0 Å². The van der Waals surface area contributed by atoms with Crippen molar-refractivity contribution in [1.82, 2.24) is 20.1 Å². The van der Waals surface area contributed by atoms with Crippen molar-refractivity contribution < 1.29 is 19.1 Å². The van der Waals surface area contributed by atoms with Crippen molar-refractivity contribution in [2.75, 3.05) is 40.8 Å². The summed E-state index contributed by atoms with van der Waals surface area (Å²) in [4.78, 5) is 33.9. The highest BCUT2D eigenvalue weighted by Crippen LogP contribution is 2.28. The van der Waals surface area contributed by atoms with Gasteiger partial charge in [0.25, 0.3) is 0 Å². The van der Waals surface area contributed by atoms with Gasteiger partial charge in [-0.05, 0) is 68.2 Å². The molecular formula is C32H37BrN4O4. The fourth-order valence-electron chi connectivity index (χ4n) is 4.61. The first-order valence-corrected chi connectivity index (χ1v) is 14.1. The van der Waals surface area contributed by atoms with Crippen LogP contribution in [0.15, 0.2) is 77.9 Å². The number of carbonyl (C=O) groups excluding carboxylic acids is 3. The van der Waals surface area contributed by atoms with Gasteiger partial charge in [-0.15, -0.1) is 0 Å². The van der Waals surface area contributed by atoms with E-state index in [0.717, 1.165) is 59.8 Å². The van der Waals surface area contributed by atoms with Crippen LogP contribution in [0.4, 0.5) is 0 Å². The van der Waals surface area contributed by atoms with Crippen LogP contribution in [0.5, 0.6) is 5.75 Å². The van der Waals surface area contributed by atoms with E-state index in [1.54, 1.807) is 22.8 Å². The minimum absolute atomic E-state index is 0.0338. The molecule has 8 nitrogen and oxygen atoms in total. The van der Waals surface area contributed by atoms with E-state index in [1.165, 1.54) is 22.4 Å². The normalized spacial score (nSPS) is 12.4. The van der Waals surface area contributed by atoms with Gasteiger partial charge in [-0.25, -0.2) is 0 Å². The number of aldehydes is 2. The molecule has 1 aromatic heterocycles. The molecule has 0 saturated carbocycles. The summed E-state index contributed by atoms with van der Waals surface area (Å²) >= 11 is 3.35. The second-order valence-electron chi connectivity index (χ2n) is 9.44. The molecule has 3 aromatic carbocycles. The van der Waals surface area contributed by atoms with Gasteiger partial charge in [-0.1, -0.05) is 52.8 Å². The molecule has 1 aliphatic heterocycles. The number of rotatable bonds is 9. The predicted octanol–water partition coefficient (Wildman–Crippen LogP) is 4.63. The fraction of sp³-hybridized carbons (Fsp3) is 0.281. The minimum atomic E-state index is 0.0338. The molecule has 9 heteroatoms. The second-order valence-corrected chi connectivity index (χ2v) is 10.4.